The molecule has 1 saturated heterocycles. The largest absolute Gasteiger partial charge is 0.346 e. The zero-order valence-corrected chi connectivity index (χ0v) is 14.6. The lowest BCUT2D eigenvalue weighted by Gasteiger charge is -2.27. The zero-order valence-electron chi connectivity index (χ0n) is 14.6. The first-order valence-electron chi connectivity index (χ1n) is 9.16. The molecule has 1 aromatic carbocycles. The van der Waals surface area contributed by atoms with Crippen molar-refractivity contribution in [3.63, 3.8) is 0 Å². The van der Waals surface area contributed by atoms with Crippen molar-refractivity contribution in [1.29, 1.82) is 0 Å². The second-order valence-electron chi connectivity index (χ2n) is 7.15. The molecule has 0 aliphatic carbocycles. The molecule has 2 aromatic rings. The molecule has 1 unspecified atom stereocenters. The Labute approximate surface area is 147 Å². The van der Waals surface area contributed by atoms with E-state index in [-0.39, 0.29) is 17.6 Å². The maximum Gasteiger partial charge on any atom is 0.346 e. The van der Waals surface area contributed by atoms with Gasteiger partial charge in [-0.3, -0.25) is 9.36 Å². The van der Waals surface area contributed by atoms with Gasteiger partial charge in [0, 0.05) is 19.5 Å². The van der Waals surface area contributed by atoms with Crippen molar-refractivity contribution in [1.82, 2.24) is 19.2 Å². The topological polar surface area (TPSA) is 60.1 Å². The van der Waals surface area contributed by atoms with Crippen LogP contribution in [-0.4, -0.2) is 38.2 Å². The summed E-state index contributed by atoms with van der Waals surface area (Å²) in [5.41, 5.74) is 2.08. The SMILES string of the molecule is Cc1ccc(Cn2nc3n(c2=O)C(C(=O)N2CCCC2)CCC3)cc1. The van der Waals surface area contributed by atoms with E-state index in [9.17, 15) is 9.59 Å². The van der Waals surface area contributed by atoms with E-state index in [2.05, 4.69) is 5.10 Å². The lowest BCUT2D eigenvalue weighted by atomic mass is 10.0. The smallest absolute Gasteiger partial charge is 0.341 e. The van der Waals surface area contributed by atoms with Crippen LogP contribution in [-0.2, 0) is 17.8 Å². The van der Waals surface area contributed by atoms with Crippen LogP contribution in [0, 0.1) is 6.92 Å². The lowest BCUT2D eigenvalue weighted by molar-refractivity contribution is -0.134. The summed E-state index contributed by atoms with van der Waals surface area (Å²) in [4.78, 5) is 27.7. The maximum atomic E-state index is 12.9. The predicted molar refractivity (Wildman–Crippen MR) is 94.6 cm³/mol. The molecule has 4 rings (SSSR count). The van der Waals surface area contributed by atoms with E-state index in [4.69, 9.17) is 0 Å². The number of hydrogen-bond donors (Lipinski definition) is 0. The van der Waals surface area contributed by atoms with Crippen LogP contribution in [0.2, 0.25) is 0 Å². The van der Waals surface area contributed by atoms with Gasteiger partial charge in [0.25, 0.3) is 0 Å². The molecular formula is C19H24N4O2. The summed E-state index contributed by atoms with van der Waals surface area (Å²) in [5.74, 6) is 0.844. The molecule has 0 spiro atoms. The third kappa shape index (κ3) is 3.01. The lowest BCUT2D eigenvalue weighted by Crippen LogP contribution is -2.41. The van der Waals surface area contributed by atoms with E-state index in [1.807, 2.05) is 36.1 Å². The Balaban J connectivity index is 1.63. The number of likely N-dealkylation sites (tertiary alicyclic amines) is 1. The molecule has 1 aromatic heterocycles. The molecule has 0 saturated carbocycles. The van der Waals surface area contributed by atoms with Crippen LogP contribution in [0.4, 0.5) is 0 Å². The van der Waals surface area contributed by atoms with E-state index in [0.717, 1.165) is 56.6 Å². The highest BCUT2D eigenvalue weighted by molar-refractivity contribution is 5.80. The number of aromatic nitrogens is 3. The fourth-order valence-electron chi connectivity index (χ4n) is 3.88. The summed E-state index contributed by atoms with van der Waals surface area (Å²) in [6.07, 6.45) is 4.53. The normalized spacial score (nSPS) is 19.9. The predicted octanol–water partition coefficient (Wildman–Crippen LogP) is 1.90. The molecule has 2 aliphatic rings. The molecule has 2 aliphatic heterocycles. The molecule has 1 fully saturated rings. The molecule has 6 heteroatoms. The van der Waals surface area contributed by atoms with Crippen LogP contribution < -0.4 is 5.69 Å². The Morgan fingerprint density at radius 1 is 1.16 bits per heavy atom. The first-order chi connectivity index (χ1) is 12.1. The van der Waals surface area contributed by atoms with Crippen molar-refractivity contribution in [2.24, 2.45) is 0 Å². The molecule has 6 nitrogen and oxygen atoms in total. The summed E-state index contributed by atoms with van der Waals surface area (Å²) >= 11 is 0. The van der Waals surface area contributed by atoms with E-state index in [0.29, 0.717) is 6.54 Å². The van der Waals surface area contributed by atoms with Crippen molar-refractivity contribution in [3.8, 4) is 0 Å². The fraction of sp³-hybridized carbons (Fsp3) is 0.526. The van der Waals surface area contributed by atoms with Gasteiger partial charge < -0.3 is 4.90 Å². The van der Waals surface area contributed by atoms with Crippen LogP contribution in [0.1, 0.15) is 48.7 Å². The van der Waals surface area contributed by atoms with Gasteiger partial charge in [-0.25, -0.2) is 9.48 Å². The maximum absolute atomic E-state index is 12.9. The number of aryl methyl sites for hydroxylation is 2. The molecule has 0 radical (unpaired) electrons. The quantitative estimate of drug-likeness (QED) is 0.857. The highest BCUT2D eigenvalue weighted by Crippen LogP contribution is 2.25. The van der Waals surface area contributed by atoms with Gasteiger partial charge in [-0.2, -0.15) is 5.10 Å². The second kappa shape index (κ2) is 6.50. The summed E-state index contributed by atoms with van der Waals surface area (Å²) < 4.78 is 3.16. The van der Waals surface area contributed by atoms with Crippen LogP contribution >= 0.6 is 0 Å². The van der Waals surface area contributed by atoms with Crippen LogP contribution in [0.5, 0.6) is 0 Å². The monoisotopic (exact) mass is 340 g/mol. The fourth-order valence-corrected chi connectivity index (χ4v) is 3.88. The Hall–Kier alpha value is -2.37. The molecule has 1 amide bonds. The number of amides is 1. The first-order valence-corrected chi connectivity index (χ1v) is 9.16. The van der Waals surface area contributed by atoms with Crippen molar-refractivity contribution in [2.75, 3.05) is 13.1 Å². The molecule has 25 heavy (non-hydrogen) atoms. The summed E-state index contributed by atoms with van der Waals surface area (Å²) in [6, 6.07) is 7.74. The number of nitrogens with zero attached hydrogens (tertiary/aromatic N) is 4. The summed E-state index contributed by atoms with van der Waals surface area (Å²) in [7, 11) is 0. The second-order valence-corrected chi connectivity index (χ2v) is 7.15. The van der Waals surface area contributed by atoms with Gasteiger partial charge in [0.15, 0.2) is 0 Å². The van der Waals surface area contributed by atoms with Crippen molar-refractivity contribution < 1.29 is 4.79 Å². The molecule has 132 valence electrons. The van der Waals surface area contributed by atoms with Gasteiger partial charge in [0.1, 0.15) is 11.9 Å². The van der Waals surface area contributed by atoms with E-state index in [1.165, 1.54) is 10.2 Å². The average Bonchev–Trinajstić information content (AvgIpc) is 3.25. The first kappa shape index (κ1) is 16.1. The van der Waals surface area contributed by atoms with Gasteiger partial charge in [-0.1, -0.05) is 29.8 Å². The average molecular weight is 340 g/mol. The molecular weight excluding hydrogens is 316 g/mol. The summed E-state index contributed by atoms with van der Waals surface area (Å²) in [6.45, 7) is 4.12. The number of hydrogen-bond acceptors (Lipinski definition) is 3. The highest BCUT2D eigenvalue weighted by Gasteiger charge is 2.34. The van der Waals surface area contributed by atoms with E-state index in [1.54, 1.807) is 4.57 Å². The van der Waals surface area contributed by atoms with Crippen LogP contribution in [0.15, 0.2) is 29.1 Å². The van der Waals surface area contributed by atoms with Crippen molar-refractivity contribution in [2.45, 2.75) is 51.6 Å². The van der Waals surface area contributed by atoms with E-state index >= 15 is 0 Å². The molecule has 1 atom stereocenters. The Morgan fingerprint density at radius 3 is 2.60 bits per heavy atom. The highest BCUT2D eigenvalue weighted by atomic mass is 16.2. The van der Waals surface area contributed by atoms with Gasteiger partial charge in [-0.05, 0) is 38.2 Å². The van der Waals surface area contributed by atoms with Gasteiger partial charge >= 0.3 is 5.69 Å². The molecule has 3 heterocycles. The Bertz CT molecular complexity index is 828. The number of fused-ring (bicyclic) bond motifs is 1. The number of rotatable bonds is 3. The van der Waals surface area contributed by atoms with Crippen LogP contribution in [0.3, 0.4) is 0 Å². The van der Waals surface area contributed by atoms with Crippen LogP contribution in [0.25, 0.3) is 0 Å². The minimum absolute atomic E-state index is 0.0930. The summed E-state index contributed by atoms with van der Waals surface area (Å²) in [5, 5.41) is 4.52. The Kier molecular flexibility index (Phi) is 4.19. The third-order valence-electron chi connectivity index (χ3n) is 5.29. The standard InChI is InChI=1S/C19H24N4O2/c1-14-7-9-15(10-8-14)13-22-19(25)23-16(5-4-6-17(23)20-22)18(24)21-11-2-3-12-21/h7-10,16H,2-6,11-13H2,1H3. The van der Waals surface area contributed by atoms with Crippen molar-refractivity contribution in [3.05, 3.63) is 51.7 Å². The number of benzene rings is 1. The van der Waals surface area contributed by atoms with Gasteiger partial charge in [0.05, 0.1) is 6.54 Å². The molecule has 0 N–H and O–H groups in total. The third-order valence-corrected chi connectivity index (χ3v) is 5.29. The molecule has 0 bridgehead atoms. The van der Waals surface area contributed by atoms with Gasteiger partial charge in [0.2, 0.25) is 5.91 Å². The van der Waals surface area contributed by atoms with Crippen molar-refractivity contribution >= 4 is 5.91 Å². The minimum atomic E-state index is -0.374. The number of carbonyl (C=O) groups is 1. The van der Waals surface area contributed by atoms with Gasteiger partial charge in [-0.15, -0.1) is 0 Å². The number of carbonyl (C=O) groups excluding carboxylic acids is 1. The van der Waals surface area contributed by atoms with E-state index < -0.39 is 0 Å². The minimum Gasteiger partial charge on any atom is -0.341 e. The Morgan fingerprint density at radius 2 is 1.88 bits per heavy atom. The zero-order chi connectivity index (χ0) is 17.4.